The third-order valence-corrected chi connectivity index (χ3v) is 8.19. The molecule has 1 heterocycles. The van der Waals surface area contributed by atoms with Gasteiger partial charge in [-0.3, -0.25) is 4.90 Å². The van der Waals surface area contributed by atoms with E-state index in [0.29, 0.717) is 24.1 Å². The lowest BCUT2D eigenvalue weighted by Gasteiger charge is -2.62. The molecule has 0 aromatic heterocycles. The fourth-order valence-corrected chi connectivity index (χ4v) is 6.66. The number of benzene rings is 1. The van der Waals surface area contributed by atoms with Crippen LogP contribution in [-0.4, -0.2) is 51.1 Å². The van der Waals surface area contributed by atoms with Crippen molar-refractivity contribution in [2.45, 2.75) is 75.5 Å². The van der Waals surface area contributed by atoms with Crippen LogP contribution in [0.2, 0.25) is 0 Å². The highest BCUT2D eigenvalue weighted by atomic mass is 16.3. The number of piperidine rings is 1. The summed E-state index contributed by atoms with van der Waals surface area (Å²) in [6.07, 6.45) is 5.90. The Labute approximate surface area is 162 Å². The van der Waals surface area contributed by atoms with Crippen molar-refractivity contribution < 1.29 is 15.3 Å². The van der Waals surface area contributed by atoms with Crippen molar-refractivity contribution in [1.29, 1.82) is 0 Å². The SMILES string of the molecule is CC(C)(O)[C@H]1CC2C3Cc4ccc(O)cc4C2(CCN3CC2CC2)C[C@H]1O. The van der Waals surface area contributed by atoms with Gasteiger partial charge < -0.3 is 15.3 Å². The summed E-state index contributed by atoms with van der Waals surface area (Å²) in [5.74, 6) is 1.56. The van der Waals surface area contributed by atoms with Crippen LogP contribution >= 0.6 is 0 Å². The predicted octanol–water partition coefficient (Wildman–Crippen LogP) is 2.83. The van der Waals surface area contributed by atoms with Gasteiger partial charge in [-0.15, -0.1) is 0 Å². The molecule has 3 fully saturated rings. The minimum Gasteiger partial charge on any atom is -0.508 e. The zero-order valence-corrected chi connectivity index (χ0v) is 16.6. The molecular formula is C23H33NO3. The van der Waals surface area contributed by atoms with E-state index in [9.17, 15) is 15.3 Å². The van der Waals surface area contributed by atoms with Crippen LogP contribution < -0.4 is 0 Å². The summed E-state index contributed by atoms with van der Waals surface area (Å²) in [5, 5.41) is 31.9. The van der Waals surface area contributed by atoms with E-state index in [1.165, 1.54) is 30.5 Å². The summed E-state index contributed by atoms with van der Waals surface area (Å²) >= 11 is 0. The van der Waals surface area contributed by atoms with Gasteiger partial charge in [0.25, 0.3) is 0 Å². The smallest absolute Gasteiger partial charge is 0.115 e. The Morgan fingerprint density at radius 1 is 1.26 bits per heavy atom. The quantitative estimate of drug-likeness (QED) is 0.765. The first-order valence-electron chi connectivity index (χ1n) is 10.7. The van der Waals surface area contributed by atoms with E-state index >= 15 is 0 Å². The maximum atomic E-state index is 11.0. The zero-order chi connectivity index (χ0) is 19.0. The van der Waals surface area contributed by atoms with Crippen molar-refractivity contribution in [3.05, 3.63) is 29.3 Å². The van der Waals surface area contributed by atoms with Crippen molar-refractivity contribution in [3.8, 4) is 5.75 Å². The second-order valence-electron chi connectivity index (χ2n) is 10.3. The number of rotatable bonds is 3. The van der Waals surface area contributed by atoms with Crippen molar-refractivity contribution in [3.63, 3.8) is 0 Å². The van der Waals surface area contributed by atoms with Crippen LogP contribution in [0.25, 0.3) is 0 Å². The molecule has 2 bridgehead atoms. The number of aliphatic hydroxyl groups is 2. The van der Waals surface area contributed by atoms with Gasteiger partial charge in [-0.25, -0.2) is 0 Å². The number of hydrogen-bond acceptors (Lipinski definition) is 4. The zero-order valence-electron chi connectivity index (χ0n) is 16.6. The number of nitrogens with zero attached hydrogens (tertiary/aromatic N) is 1. The normalized spacial score (nSPS) is 39.0. The van der Waals surface area contributed by atoms with Gasteiger partial charge in [-0.2, -0.15) is 0 Å². The Bertz CT molecular complexity index is 738. The molecule has 27 heavy (non-hydrogen) atoms. The summed E-state index contributed by atoms with van der Waals surface area (Å²) in [7, 11) is 0. The molecule has 148 valence electrons. The number of phenols is 1. The fourth-order valence-electron chi connectivity index (χ4n) is 6.66. The molecular weight excluding hydrogens is 338 g/mol. The molecule has 4 aliphatic rings. The first-order valence-corrected chi connectivity index (χ1v) is 10.7. The molecule has 0 spiro atoms. The standard InChI is InChI=1S/C23H33NO3/c1-22(2,27)19-11-18-20-9-15-5-6-16(25)10-17(15)23(18,12-21(19)26)7-8-24(20)13-14-3-4-14/h5-6,10,14,18-21,25-27H,3-4,7-9,11-13H2,1-2H3/t18?,19-,20?,21+,23?/m0/s1. The lowest BCUT2D eigenvalue weighted by Crippen LogP contribution is -2.65. The van der Waals surface area contributed by atoms with E-state index in [-0.39, 0.29) is 11.3 Å². The largest absolute Gasteiger partial charge is 0.508 e. The Hall–Kier alpha value is -1.10. The van der Waals surface area contributed by atoms with E-state index < -0.39 is 11.7 Å². The summed E-state index contributed by atoms with van der Waals surface area (Å²) < 4.78 is 0. The summed E-state index contributed by atoms with van der Waals surface area (Å²) in [5.41, 5.74) is 1.69. The highest BCUT2D eigenvalue weighted by Crippen LogP contribution is 2.58. The Balaban J connectivity index is 1.58. The average Bonchev–Trinajstić information content (AvgIpc) is 3.40. The van der Waals surface area contributed by atoms with Crippen molar-refractivity contribution in [2.75, 3.05) is 13.1 Å². The van der Waals surface area contributed by atoms with Gasteiger partial charge in [-0.1, -0.05) is 6.07 Å². The Morgan fingerprint density at radius 3 is 2.74 bits per heavy atom. The van der Waals surface area contributed by atoms with Gasteiger partial charge in [0.1, 0.15) is 5.75 Å². The number of phenolic OH excluding ortho intramolecular Hbond substituents is 1. The molecule has 0 radical (unpaired) electrons. The maximum Gasteiger partial charge on any atom is 0.115 e. The highest BCUT2D eigenvalue weighted by Gasteiger charge is 2.59. The van der Waals surface area contributed by atoms with Crippen LogP contribution in [0.3, 0.4) is 0 Å². The van der Waals surface area contributed by atoms with Crippen molar-refractivity contribution >= 4 is 0 Å². The van der Waals surface area contributed by atoms with Gasteiger partial charge in [-0.05, 0) is 94.0 Å². The third kappa shape index (κ3) is 2.83. The van der Waals surface area contributed by atoms with E-state index in [2.05, 4.69) is 11.0 Å². The average molecular weight is 372 g/mol. The molecule has 4 heteroatoms. The molecule has 5 rings (SSSR count). The molecule has 0 amide bonds. The second-order valence-corrected chi connectivity index (χ2v) is 10.3. The minimum atomic E-state index is -0.865. The lowest BCUT2D eigenvalue weighted by atomic mass is 9.49. The molecule has 1 aromatic rings. The molecule has 1 saturated heterocycles. The summed E-state index contributed by atoms with van der Waals surface area (Å²) in [4.78, 5) is 2.72. The van der Waals surface area contributed by atoms with E-state index in [1.54, 1.807) is 0 Å². The van der Waals surface area contributed by atoms with Crippen LogP contribution in [-0.2, 0) is 11.8 Å². The summed E-state index contributed by atoms with van der Waals surface area (Å²) in [6, 6.07) is 6.38. The molecule has 5 atom stereocenters. The predicted molar refractivity (Wildman–Crippen MR) is 105 cm³/mol. The van der Waals surface area contributed by atoms with Crippen LogP contribution in [0, 0.1) is 17.8 Å². The van der Waals surface area contributed by atoms with Gasteiger partial charge in [0, 0.05) is 23.9 Å². The van der Waals surface area contributed by atoms with Gasteiger partial charge in [0.2, 0.25) is 0 Å². The molecule has 2 saturated carbocycles. The number of aliphatic hydroxyl groups excluding tert-OH is 1. The monoisotopic (exact) mass is 371 g/mol. The van der Waals surface area contributed by atoms with Crippen molar-refractivity contribution in [1.82, 2.24) is 4.90 Å². The highest BCUT2D eigenvalue weighted by molar-refractivity contribution is 5.45. The van der Waals surface area contributed by atoms with Gasteiger partial charge in [0.05, 0.1) is 11.7 Å². The Morgan fingerprint density at radius 2 is 2.04 bits per heavy atom. The van der Waals surface area contributed by atoms with E-state index in [1.807, 2.05) is 26.0 Å². The molecule has 1 aromatic carbocycles. The van der Waals surface area contributed by atoms with Crippen LogP contribution in [0.4, 0.5) is 0 Å². The number of likely N-dealkylation sites (tertiary alicyclic amines) is 1. The van der Waals surface area contributed by atoms with Crippen LogP contribution in [0.15, 0.2) is 18.2 Å². The lowest BCUT2D eigenvalue weighted by molar-refractivity contribution is -0.129. The number of fused-ring (bicyclic) bond motifs is 1. The third-order valence-electron chi connectivity index (χ3n) is 8.19. The Kier molecular flexibility index (Phi) is 3.96. The molecule has 3 N–H and O–H groups in total. The second kappa shape index (κ2) is 5.95. The first-order chi connectivity index (χ1) is 12.8. The molecule has 3 aliphatic carbocycles. The van der Waals surface area contributed by atoms with Crippen LogP contribution in [0.1, 0.15) is 57.1 Å². The summed E-state index contributed by atoms with van der Waals surface area (Å²) in [6.45, 7) is 5.99. The van der Waals surface area contributed by atoms with Crippen molar-refractivity contribution in [2.24, 2.45) is 17.8 Å². The molecule has 4 nitrogen and oxygen atoms in total. The fraction of sp³-hybridized carbons (Fsp3) is 0.739. The number of aromatic hydroxyl groups is 1. The van der Waals surface area contributed by atoms with Gasteiger partial charge in [0.15, 0.2) is 0 Å². The first kappa shape index (κ1) is 18.0. The van der Waals surface area contributed by atoms with E-state index in [4.69, 9.17) is 0 Å². The molecule has 1 aliphatic heterocycles. The van der Waals surface area contributed by atoms with E-state index in [0.717, 1.165) is 31.7 Å². The van der Waals surface area contributed by atoms with Gasteiger partial charge >= 0.3 is 0 Å². The topological polar surface area (TPSA) is 63.9 Å². The number of hydrogen-bond donors (Lipinski definition) is 3. The van der Waals surface area contributed by atoms with Crippen LogP contribution in [0.5, 0.6) is 5.75 Å². The minimum absolute atomic E-state index is 0.0573. The molecule has 3 unspecified atom stereocenters. The maximum absolute atomic E-state index is 11.0.